The molecule has 2 aromatic carbocycles. The third-order valence-corrected chi connectivity index (χ3v) is 9.35. The molecule has 0 unspecified atom stereocenters. The summed E-state index contributed by atoms with van der Waals surface area (Å²) in [6, 6.07) is 21.4. The van der Waals surface area contributed by atoms with E-state index in [9.17, 15) is 14.0 Å². The number of anilines is 2. The van der Waals surface area contributed by atoms with E-state index in [0.29, 0.717) is 17.0 Å². The average Bonchev–Trinajstić information content (AvgIpc) is 3.18. The monoisotopic (exact) mass is 704 g/mol. The van der Waals surface area contributed by atoms with Gasteiger partial charge in [-0.3, -0.25) is 18.4 Å². The Morgan fingerprint density at radius 1 is 0.635 bits per heavy atom. The lowest BCUT2D eigenvalue weighted by molar-refractivity contribution is 0.352. The van der Waals surface area contributed by atoms with Crippen LogP contribution in [0.2, 0.25) is 0 Å². The minimum Gasteiger partial charge on any atom is -0.493 e. The van der Waals surface area contributed by atoms with Crippen LogP contribution in [0.5, 0.6) is 11.5 Å². The molecule has 0 amide bonds. The molecule has 0 spiro atoms. The molecule has 0 radical (unpaired) electrons. The first-order valence-corrected chi connectivity index (χ1v) is 17.3. The van der Waals surface area contributed by atoms with Crippen LogP contribution in [-0.2, 0) is 0 Å². The van der Waals surface area contributed by atoms with Gasteiger partial charge in [0.1, 0.15) is 17.1 Å². The molecule has 2 fully saturated rings. The molecule has 4 aromatic heterocycles. The smallest absolute Gasteiger partial charge is 0.258 e. The van der Waals surface area contributed by atoms with Crippen LogP contribution in [0, 0.1) is 12.7 Å². The lowest BCUT2D eigenvalue weighted by Crippen LogP contribution is -2.43. The van der Waals surface area contributed by atoms with Crippen molar-refractivity contribution in [3.8, 4) is 34.0 Å². The molecule has 268 valence electrons. The second-order valence-corrected chi connectivity index (χ2v) is 12.7. The molecule has 0 aliphatic carbocycles. The van der Waals surface area contributed by atoms with Crippen LogP contribution in [0.4, 0.5) is 15.8 Å². The Morgan fingerprint density at radius 2 is 1.12 bits per heavy atom. The summed E-state index contributed by atoms with van der Waals surface area (Å²) in [7, 11) is 2.91. The first kappa shape index (κ1) is 34.6. The lowest BCUT2D eigenvalue weighted by atomic mass is 10.1. The van der Waals surface area contributed by atoms with E-state index in [2.05, 4.69) is 30.4 Å². The predicted molar refractivity (Wildman–Crippen MR) is 202 cm³/mol. The van der Waals surface area contributed by atoms with Gasteiger partial charge >= 0.3 is 0 Å². The van der Waals surface area contributed by atoms with Crippen LogP contribution in [0.15, 0.2) is 94.8 Å². The quantitative estimate of drug-likeness (QED) is 0.264. The van der Waals surface area contributed by atoms with Crippen molar-refractivity contribution >= 4 is 22.7 Å². The van der Waals surface area contributed by atoms with Gasteiger partial charge in [0.15, 0.2) is 11.5 Å². The standard InChI is InChI=1S/C20H21FN4O3.C19H20N4O/c1-27-17-9-14(15(21)10-18(17)28-2)16-11-20(26)25-12-13(3-4-19(25)23-16)24-7-5-22-6-8-24;1-14-2-4-15(5-3-14)17-12-19(24)23-13-16(6-7-18(23)21-17)22-10-8-20-9-11-22/h3-4,9-12,22H,5-8H2,1-2H3;2-7,12-13,20H,8-11H2,1H3. The summed E-state index contributed by atoms with van der Waals surface area (Å²) in [5, 5.41) is 6.64. The first-order valence-electron chi connectivity index (χ1n) is 17.3. The number of fused-ring (bicyclic) bond motifs is 2. The number of methoxy groups -OCH3 is 2. The zero-order valence-electron chi connectivity index (χ0n) is 29.4. The van der Waals surface area contributed by atoms with E-state index < -0.39 is 5.82 Å². The summed E-state index contributed by atoms with van der Waals surface area (Å²) in [6.45, 7) is 9.46. The Hall–Kier alpha value is -5.79. The fourth-order valence-corrected chi connectivity index (χ4v) is 6.46. The number of pyridine rings is 2. The fourth-order valence-electron chi connectivity index (χ4n) is 6.46. The normalized spacial score (nSPS) is 14.6. The van der Waals surface area contributed by atoms with Crippen LogP contribution < -0.4 is 41.0 Å². The molecule has 2 aliphatic rings. The summed E-state index contributed by atoms with van der Waals surface area (Å²) >= 11 is 0. The highest BCUT2D eigenvalue weighted by Crippen LogP contribution is 2.34. The number of benzene rings is 2. The third-order valence-electron chi connectivity index (χ3n) is 9.35. The summed E-state index contributed by atoms with van der Waals surface area (Å²) in [5.41, 5.74) is 6.14. The van der Waals surface area contributed by atoms with E-state index in [1.807, 2.05) is 55.6 Å². The van der Waals surface area contributed by atoms with Crippen molar-refractivity contribution in [2.45, 2.75) is 6.92 Å². The molecular formula is C39H41FN8O4. The van der Waals surface area contributed by atoms with Crippen molar-refractivity contribution in [1.82, 2.24) is 29.4 Å². The molecule has 6 aromatic rings. The van der Waals surface area contributed by atoms with Gasteiger partial charge in [0.25, 0.3) is 11.1 Å². The largest absolute Gasteiger partial charge is 0.493 e. The van der Waals surface area contributed by atoms with E-state index in [-0.39, 0.29) is 28.1 Å². The van der Waals surface area contributed by atoms with Crippen molar-refractivity contribution in [3.63, 3.8) is 0 Å². The molecule has 0 saturated carbocycles. The number of hydrogen-bond acceptors (Lipinski definition) is 10. The Labute approximate surface area is 300 Å². The number of aryl methyl sites for hydroxylation is 1. The molecular weight excluding hydrogens is 663 g/mol. The maximum absolute atomic E-state index is 14.6. The summed E-state index contributed by atoms with van der Waals surface area (Å²) in [4.78, 5) is 38.9. The second-order valence-electron chi connectivity index (χ2n) is 12.7. The van der Waals surface area contributed by atoms with Gasteiger partial charge < -0.3 is 29.9 Å². The van der Waals surface area contributed by atoms with E-state index >= 15 is 0 Å². The summed E-state index contributed by atoms with van der Waals surface area (Å²) in [6.07, 6.45) is 3.68. The van der Waals surface area contributed by atoms with Crippen molar-refractivity contribution < 1.29 is 13.9 Å². The minimum atomic E-state index is -0.536. The molecule has 13 heteroatoms. The SMILES string of the molecule is COc1cc(F)c(-c2cc(=O)n3cc(N4CCNCC4)ccc3n2)cc1OC.Cc1ccc(-c2cc(=O)n3cc(N4CCNCC4)ccc3n2)cc1. The fraction of sp³-hybridized carbons (Fsp3) is 0.282. The number of halogens is 1. The van der Waals surface area contributed by atoms with Gasteiger partial charge in [-0.15, -0.1) is 0 Å². The van der Waals surface area contributed by atoms with Crippen LogP contribution in [-0.4, -0.2) is 85.3 Å². The van der Waals surface area contributed by atoms with Gasteiger partial charge in [-0.05, 0) is 37.3 Å². The number of ether oxygens (including phenoxy) is 2. The van der Waals surface area contributed by atoms with Gasteiger partial charge in [0.2, 0.25) is 0 Å². The summed E-state index contributed by atoms with van der Waals surface area (Å²) < 4.78 is 28.1. The molecule has 0 atom stereocenters. The van der Waals surface area contributed by atoms with Crippen molar-refractivity contribution in [2.75, 3.05) is 76.4 Å². The molecule has 6 heterocycles. The zero-order valence-corrected chi connectivity index (χ0v) is 29.4. The molecule has 0 bridgehead atoms. The van der Waals surface area contributed by atoms with Gasteiger partial charge in [0.05, 0.1) is 37.0 Å². The second kappa shape index (κ2) is 15.2. The molecule has 2 aliphatic heterocycles. The predicted octanol–water partition coefficient (Wildman–Crippen LogP) is 4.01. The number of aromatic nitrogens is 4. The molecule has 2 saturated heterocycles. The van der Waals surface area contributed by atoms with E-state index in [1.165, 1.54) is 42.4 Å². The number of nitrogens with one attached hydrogen (secondary N) is 2. The maximum atomic E-state index is 14.6. The average molecular weight is 705 g/mol. The molecule has 52 heavy (non-hydrogen) atoms. The van der Waals surface area contributed by atoms with E-state index in [4.69, 9.17) is 9.47 Å². The van der Waals surface area contributed by atoms with Crippen molar-refractivity contribution in [1.29, 1.82) is 0 Å². The number of nitrogens with zero attached hydrogens (tertiary/aromatic N) is 6. The molecule has 12 nitrogen and oxygen atoms in total. The number of rotatable bonds is 6. The Morgan fingerprint density at radius 3 is 1.63 bits per heavy atom. The van der Waals surface area contributed by atoms with E-state index in [1.54, 1.807) is 22.7 Å². The minimum absolute atomic E-state index is 0.0486. The van der Waals surface area contributed by atoms with Gasteiger partial charge in [-0.2, -0.15) is 0 Å². The maximum Gasteiger partial charge on any atom is 0.258 e. The van der Waals surface area contributed by atoms with Crippen molar-refractivity contribution in [2.24, 2.45) is 0 Å². The van der Waals surface area contributed by atoms with Crippen molar-refractivity contribution in [3.05, 3.63) is 117 Å². The summed E-state index contributed by atoms with van der Waals surface area (Å²) in [5.74, 6) is 0.114. The third kappa shape index (κ3) is 7.32. The number of hydrogen-bond donors (Lipinski definition) is 2. The molecule has 2 N–H and O–H groups in total. The first-order chi connectivity index (χ1) is 25.3. The van der Waals surface area contributed by atoms with Crippen LogP contribution >= 0.6 is 0 Å². The van der Waals surface area contributed by atoms with E-state index in [0.717, 1.165) is 75.0 Å². The lowest BCUT2D eigenvalue weighted by Gasteiger charge is -2.29. The number of piperazine rings is 2. The Balaban J connectivity index is 0.000000164. The zero-order chi connectivity index (χ0) is 36.2. The van der Waals surface area contributed by atoms with Gasteiger partial charge in [-0.1, -0.05) is 29.8 Å². The highest BCUT2D eigenvalue weighted by atomic mass is 19.1. The van der Waals surface area contributed by atoms with Crippen LogP contribution in [0.25, 0.3) is 33.8 Å². The Kier molecular flexibility index (Phi) is 10.1. The Bertz CT molecular complexity index is 2330. The highest BCUT2D eigenvalue weighted by Gasteiger charge is 2.17. The van der Waals surface area contributed by atoms with Gasteiger partial charge in [-0.25, -0.2) is 14.4 Å². The highest BCUT2D eigenvalue weighted by molar-refractivity contribution is 5.67. The topological polar surface area (TPSA) is 118 Å². The van der Waals surface area contributed by atoms with Crippen LogP contribution in [0.3, 0.4) is 0 Å². The van der Waals surface area contributed by atoms with Gasteiger partial charge in [0, 0.05) is 94.1 Å². The van der Waals surface area contributed by atoms with Crippen LogP contribution in [0.1, 0.15) is 5.56 Å². The molecule has 8 rings (SSSR count).